The SMILES string of the molecule is CC.COC1CCC(=O)C(C#N)C1. The molecule has 0 bridgehead atoms. The molecule has 0 amide bonds. The number of ketones is 1. The maximum atomic E-state index is 11.0. The van der Waals surface area contributed by atoms with Crippen LogP contribution in [0.25, 0.3) is 0 Å². The third kappa shape index (κ3) is 3.56. The fourth-order valence-corrected chi connectivity index (χ4v) is 1.33. The number of methoxy groups -OCH3 is 1. The Morgan fingerprint density at radius 3 is 2.62 bits per heavy atom. The summed E-state index contributed by atoms with van der Waals surface area (Å²) in [6.07, 6.45) is 1.95. The summed E-state index contributed by atoms with van der Waals surface area (Å²) in [6, 6.07) is 1.99. The van der Waals surface area contributed by atoms with Gasteiger partial charge in [0.05, 0.1) is 12.2 Å². The first-order chi connectivity index (χ1) is 6.27. The molecule has 1 fully saturated rings. The minimum Gasteiger partial charge on any atom is -0.381 e. The topological polar surface area (TPSA) is 50.1 Å². The van der Waals surface area contributed by atoms with Crippen LogP contribution in [0, 0.1) is 17.2 Å². The third-order valence-corrected chi connectivity index (χ3v) is 2.09. The van der Waals surface area contributed by atoms with Gasteiger partial charge in [-0.05, 0) is 12.8 Å². The van der Waals surface area contributed by atoms with Gasteiger partial charge in [-0.2, -0.15) is 5.26 Å². The Labute approximate surface area is 79.7 Å². The Bertz CT molecular complexity index is 196. The van der Waals surface area contributed by atoms with Crippen molar-refractivity contribution in [2.75, 3.05) is 7.11 Å². The van der Waals surface area contributed by atoms with E-state index in [1.54, 1.807) is 7.11 Å². The van der Waals surface area contributed by atoms with Crippen LogP contribution < -0.4 is 0 Å². The fourth-order valence-electron chi connectivity index (χ4n) is 1.33. The average molecular weight is 183 g/mol. The first-order valence-electron chi connectivity index (χ1n) is 4.73. The first-order valence-corrected chi connectivity index (χ1v) is 4.73. The van der Waals surface area contributed by atoms with E-state index in [-0.39, 0.29) is 11.9 Å². The lowest BCUT2D eigenvalue weighted by Gasteiger charge is -2.22. The van der Waals surface area contributed by atoms with Crippen molar-refractivity contribution in [3.05, 3.63) is 0 Å². The summed E-state index contributed by atoms with van der Waals surface area (Å²) in [5, 5.41) is 8.55. The van der Waals surface area contributed by atoms with Gasteiger partial charge in [-0.3, -0.25) is 4.79 Å². The molecule has 3 nitrogen and oxygen atoms in total. The Kier molecular flexibility index (Phi) is 6.17. The molecule has 0 spiro atoms. The van der Waals surface area contributed by atoms with E-state index in [2.05, 4.69) is 0 Å². The molecule has 1 aliphatic carbocycles. The summed E-state index contributed by atoms with van der Waals surface area (Å²) in [6.45, 7) is 4.00. The molecule has 0 aromatic rings. The highest BCUT2D eigenvalue weighted by Gasteiger charge is 2.28. The second-order valence-electron chi connectivity index (χ2n) is 2.78. The third-order valence-electron chi connectivity index (χ3n) is 2.09. The van der Waals surface area contributed by atoms with Gasteiger partial charge >= 0.3 is 0 Å². The molecule has 0 N–H and O–H groups in total. The maximum Gasteiger partial charge on any atom is 0.150 e. The quantitative estimate of drug-likeness (QED) is 0.624. The van der Waals surface area contributed by atoms with Gasteiger partial charge in [0.15, 0.2) is 0 Å². The number of nitriles is 1. The van der Waals surface area contributed by atoms with Gasteiger partial charge in [-0.15, -0.1) is 0 Å². The Morgan fingerprint density at radius 2 is 2.15 bits per heavy atom. The van der Waals surface area contributed by atoms with Gasteiger partial charge in [0.2, 0.25) is 0 Å². The van der Waals surface area contributed by atoms with Crippen molar-refractivity contribution in [2.45, 2.75) is 39.2 Å². The second-order valence-corrected chi connectivity index (χ2v) is 2.78. The molecular formula is C10H17NO2. The highest BCUT2D eigenvalue weighted by molar-refractivity contribution is 5.84. The fraction of sp³-hybridized carbons (Fsp3) is 0.800. The molecule has 74 valence electrons. The van der Waals surface area contributed by atoms with Crippen molar-refractivity contribution < 1.29 is 9.53 Å². The summed E-state index contributed by atoms with van der Waals surface area (Å²) in [4.78, 5) is 11.0. The van der Waals surface area contributed by atoms with E-state index in [9.17, 15) is 4.79 Å². The monoisotopic (exact) mass is 183 g/mol. The molecule has 1 saturated carbocycles. The molecular weight excluding hydrogens is 166 g/mol. The zero-order valence-electron chi connectivity index (χ0n) is 8.54. The second kappa shape index (κ2) is 6.62. The van der Waals surface area contributed by atoms with E-state index < -0.39 is 5.92 Å². The number of hydrogen-bond donors (Lipinski definition) is 0. The highest BCUT2D eigenvalue weighted by atomic mass is 16.5. The van der Waals surface area contributed by atoms with E-state index in [1.807, 2.05) is 19.9 Å². The van der Waals surface area contributed by atoms with E-state index in [4.69, 9.17) is 10.00 Å². The normalized spacial score (nSPS) is 27.1. The number of carbonyl (C=O) groups is 1. The summed E-state index contributed by atoms with van der Waals surface area (Å²) < 4.78 is 5.07. The van der Waals surface area contributed by atoms with E-state index >= 15 is 0 Å². The molecule has 2 atom stereocenters. The van der Waals surface area contributed by atoms with E-state index in [1.165, 1.54) is 0 Å². The zero-order valence-corrected chi connectivity index (χ0v) is 8.54. The minimum absolute atomic E-state index is 0.0702. The van der Waals surface area contributed by atoms with Crippen LogP contribution in [0.5, 0.6) is 0 Å². The summed E-state index contributed by atoms with van der Waals surface area (Å²) in [5.74, 6) is -0.352. The smallest absolute Gasteiger partial charge is 0.150 e. The molecule has 0 heterocycles. The van der Waals surface area contributed by atoms with Gasteiger partial charge in [0.1, 0.15) is 11.7 Å². The molecule has 1 aliphatic rings. The molecule has 13 heavy (non-hydrogen) atoms. The van der Waals surface area contributed by atoms with Crippen molar-refractivity contribution in [1.29, 1.82) is 5.26 Å². The summed E-state index contributed by atoms with van der Waals surface area (Å²) in [5.41, 5.74) is 0. The van der Waals surface area contributed by atoms with Crippen LogP contribution in [0.3, 0.4) is 0 Å². The number of rotatable bonds is 1. The zero-order chi connectivity index (χ0) is 10.3. The molecule has 2 unspecified atom stereocenters. The highest BCUT2D eigenvalue weighted by Crippen LogP contribution is 2.22. The lowest BCUT2D eigenvalue weighted by atomic mass is 9.87. The van der Waals surface area contributed by atoms with Crippen molar-refractivity contribution in [2.24, 2.45) is 5.92 Å². The van der Waals surface area contributed by atoms with Crippen molar-refractivity contribution in [3.8, 4) is 6.07 Å². The molecule has 0 aliphatic heterocycles. The summed E-state index contributed by atoms with van der Waals surface area (Å²) in [7, 11) is 1.62. The Balaban J connectivity index is 0.000000671. The number of ether oxygens (including phenoxy) is 1. The Morgan fingerprint density at radius 1 is 1.54 bits per heavy atom. The predicted molar refractivity (Wildman–Crippen MR) is 50.1 cm³/mol. The van der Waals surface area contributed by atoms with Crippen LogP contribution in [0.4, 0.5) is 0 Å². The first kappa shape index (κ1) is 12.1. The predicted octanol–water partition coefficient (Wildman–Crippen LogP) is 1.92. The standard InChI is InChI=1S/C8H11NO2.C2H6/c1-11-7-2-3-8(10)6(4-7)5-9;1-2/h6-7H,2-4H2,1H3;1-2H3. The van der Waals surface area contributed by atoms with E-state index in [0.717, 1.165) is 6.42 Å². The van der Waals surface area contributed by atoms with Crippen LogP contribution >= 0.6 is 0 Å². The number of nitrogens with zero attached hydrogens (tertiary/aromatic N) is 1. The average Bonchev–Trinajstić information content (AvgIpc) is 2.22. The van der Waals surface area contributed by atoms with Gasteiger partial charge in [-0.1, -0.05) is 13.8 Å². The van der Waals surface area contributed by atoms with Crippen LogP contribution in [0.2, 0.25) is 0 Å². The van der Waals surface area contributed by atoms with Crippen LogP contribution in [0.15, 0.2) is 0 Å². The molecule has 3 heteroatoms. The number of hydrogen-bond acceptors (Lipinski definition) is 3. The van der Waals surface area contributed by atoms with Crippen molar-refractivity contribution in [3.63, 3.8) is 0 Å². The number of carbonyl (C=O) groups excluding carboxylic acids is 1. The minimum atomic E-state index is -0.423. The van der Waals surface area contributed by atoms with Crippen molar-refractivity contribution >= 4 is 5.78 Å². The molecule has 0 radical (unpaired) electrons. The van der Waals surface area contributed by atoms with Crippen LogP contribution in [0.1, 0.15) is 33.1 Å². The molecule has 0 aromatic carbocycles. The number of Topliss-reactive ketones (excluding diaryl/α,β-unsaturated/α-hetero) is 1. The maximum absolute atomic E-state index is 11.0. The lowest BCUT2D eigenvalue weighted by molar-refractivity contribution is -0.125. The molecule has 1 rings (SSSR count). The van der Waals surface area contributed by atoms with Crippen LogP contribution in [-0.4, -0.2) is 19.0 Å². The lowest BCUT2D eigenvalue weighted by Crippen LogP contribution is -2.28. The van der Waals surface area contributed by atoms with E-state index in [0.29, 0.717) is 12.8 Å². The largest absolute Gasteiger partial charge is 0.381 e. The summed E-state index contributed by atoms with van der Waals surface area (Å²) >= 11 is 0. The van der Waals surface area contributed by atoms with Gasteiger partial charge in [-0.25, -0.2) is 0 Å². The van der Waals surface area contributed by atoms with Crippen molar-refractivity contribution in [1.82, 2.24) is 0 Å². The van der Waals surface area contributed by atoms with Gasteiger partial charge in [0.25, 0.3) is 0 Å². The van der Waals surface area contributed by atoms with Crippen LogP contribution in [-0.2, 0) is 9.53 Å². The van der Waals surface area contributed by atoms with Gasteiger partial charge in [0, 0.05) is 13.5 Å². The molecule has 0 aromatic heterocycles. The van der Waals surface area contributed by atoms with Gasteiger partial charge < -0.3 is 4.74 Å². The molecule has 0 saturated heterocycles. The Hall–Kier alpha value is -0.880.